The van der Waals surface area contributed by atoms with E-state index in [-0.39, 0.29) is 22.3 Å². The van der Waals surface area contributed by atoms with Crippen LogP contribution in [-0.2, 0) is 9.59 Å². The summed E-state index contributed by atoms with van der Waals surface area (Å²) in [7, 11) is 0. The van der Waals surface area contributed by atoms with E-state index in [1.54, 1.807) is 0 Å². The van der Waals surface area contributed by atoms with E-state index in [0.29, 0.717) is 13.1 Å². The molecule has 0 spiro atoms. The maximum Gasteiger partial charge on any atom is 0.233 e. The Kier molecular flexibility index (Phi) is 9.57. The molecule has 0 aliphatic heterocycles. The molecule has 6 nitrogen and oxygen atoms in total. The molecule has 0 aliphatic rings. The van der Waals surface area contributed by atoms with E-state index < -0.39 is 0 Å². The van der Waals surface area contributed by atoms with Crippen molar-refractivity contribution in [1.82, 2.24) is 20.8 Å². The SMILES string of the molecule is CCCNC(=O)[C@H](C)Sc1nnc(S[C@@H](C)C(=O)NCCC)s1. The molecule has 0 fully saturated rings. The summed E-state index contributed by atoms with van der Waals surface area (Å²) in [5.74, 6) is 0.0159. The Morgan fingerprint density at radius 2 is 1.35 bits per heavy atom. The molecule has 2 atom stereocenters. The lowest BCUT2D eigenvalue weighted by molar-refractivity contribution is -0.121. The lowest BCUT2D eigenvalue weighted by Gasteiger charge is -2.09. The average molecular weight is 377 g/mol. The van der Waals surface area contributed by atoms with E-state index in [1.165, 1.54) is 34.9 Å². The summed E-state index contributed by atoms with van der Waals surface area (Å²) >= 11 is 4.20. The van der Waals surface area contributed by atoms with E-state index in [1.807, 2.05) is 27.7 Å². The number of carbonyl (C=O) groups excluding carboxylic acids is 2. The molecule has 2 N–H and O–H groups in total. The van der Waals surface area contributed by atoms with Crippen LogP contribution in [0.25, 0.3) is 0 Å². The molecule has 0 saturated heterocycles. The van der Waals surface area contributed by atoms with Crippen molar-refractivity contribution in [2.75, 3.05) is 13.1 Å². The molecule has 1 rings (SSSR count). The van der Waals surface area contributed by atoms with Gasteiger partial charge in [-0.15, -0.1) is 10.2 Å². The van der Waals surface area contributed by atoms with Crippen LogP contribution in [0.4, 0.5) is 0 Å². The zero-order chi connectivity index (χ0) is 17.2. The van der Waals surface area contributed by atoms with Crippen molar-refractivity contribution < 1.29 is 9.59 Å². The number of thioether (sulfide) groups is 2. The smallest absolute Gasteiger partial charge is 0.233 e. The first-order chi connectivity index (χ1) is 11.0. The molecule has 0 radical (unpaired) electrons. The Labute approximate surface area is 150 Å². The summed E-state index contributed by atoms with van der Waals surface area (Å²) in [6.45, 7) is 9.11. The fraction of sp³-hybridized carbons (Fsp3) is 0.714. The molecular weight excluding hydrogens is 352 g/mol. The molecule has 0 aliphatic carbocycles. The van der Waals surface area contributed by atoms with Crippen molar-refractivity contribution in [1.29, 1.82) is 0 Å². The molecule has 9 heteroatoms. The molecule has 1 aromatic rings. The van der Waals surface area contributed by atoms with Gasteiger partial charge >= 0.3 is 0 Å². The van der Waals surface area contributed by atoms with Crippen LogP contribution in [0.3, 0.4) is 0 Å². The number of hydrogen-bond donors (Lipinski definition) is 2. The number of nitrogens with zero attached hydrogens (tertiary/aromatic N) is 2. The van der Waals surface area contributed by atoms with Gasteiger partial charge in [0.15, 0.2) is 8.68 Å². The first-order valence-corrected chi connectivity index (χ1v) is 10.3. The van der Waals surface area contributed by atoms with Gasteiger partial charge in [0.2, 0.25) is 11.8 Å². The third-order valence-electron chi connectivity index (χ3n) is 2.78. The monoisotopic (exact) mass is 376 g/mol. The van der Waals surface area contributed by atoms with Crippen molar-refractivity contribution >= 4 is 46.7 Å². The molecule has 1 heterocycles. The Morgan fingerprint density at radius 1 is 0.957 bits per heavy atom. The largest absolute Gasteiger partial charge is 0.355 e. The summed E-state index contributed by atoms with van der Waals surface area (Å²) in [4.78, 5) is 23.7. The molecule has 0 bridgehead atoms. The molecule has 0 saturated carbocycles. The summed E-state index contributed by atoms with van der Waals surface area (Å²) < 4.78 is 1.49. The quantitative estimate of drug-likeness (QED) is 0.611. The van der Waals surface area contributed by atoms with Crippen molar-refractivity contribution in [2.24, 2.45) is 0 Å². The van der Waals surface area contributed by atoms with Crippen LogP contribution in [0, 0.1) is 0 Å². The van der Waals surface area contributed by atoms with Gasteiger partial charge < -0.3 is 10.6 Å². The van der Waals surface area contributed by atoms with Gasteiger partial charge in [-0.3, -0.25) is 9.59 Å². The van der Waals surface area contributed by atoms with Crippen LogP contribution in [0.1, 0.15) is 40.5 Å². The highest BCUT2D eigenvalue weighted by Crippen LogP contribution is 2.33. The normalized spacial score (nSPS) is 13.4. The van der Waals surface area contributed by atoms with E-state index in [0.717, 1.165) is 21.5 Å². The lowest BCUT2D eigenvalue weighted by Crippen LogP contribution is -2.31. The number of aromatic nitrogens is 2. The summed E-state index contributed by atoms with van der Waals surface area (Å²) in [6, 6.07) is 0. The zero-order valence-electron chi connectivity index (χ0n) is 13.9. The Hall–Kier alpha value is -0.800. The van der Waals surface area contributed by atoms with Gasteiger partial charge in [0.1, 0.15) is 0 Å². The van der Waals surface area contributed by atoms with Crippen molar-refractivity contribution in [3.05, 3.63) is 0 Å². The van der Waals surface area contributed by atoms with Crippen LogP contribution >= 0.6 is 34.9 Å². The first-order valence-electron chi connectivity index (χ1n) is 7.70. The fourth-order valence-electron chi connectivity index (χ4n) is 1.49. The van der Waals surface area contributed by atoms with Gasteiger partial charge in [-0.2, -0.15) is 0 Å². The predicted molar refractivity (Wildman–Crippen MR) is 97.1 cm³/mol. The predicted octanol–water partition coefficient (Wildman–Crippen LogP) is 2.55. The van der Waals surface area contributed by atoms with Gasteiger partial charge in [-0.25, -0.2) is 0 Å². The number of hydrogen-bond acceptors (Lipinski definition) is 7. The second kappa shape index (κ2) is 10.9. The van der Waals surface area contributed by atoms with E-state index in [2.05, 4.69) is 20.8 Å². The maximum atomic E-state index is 11.8. The van der Waals surface area contributed by atoms with Gasteiger partial charge in [0, 0.05) is 13.1 Å². The molecule has 0 aromatic carbocycles. The minimum atomic E-state index is -0.211. The second-order valence-electron chi connectivity index (χ2n) is 4.94. The Balaban J connectivity index is 2.48. The summed E-state index contributed by atoms with van der Waals surface area (Å²) in [6.07, 6.45) is 1.83. The first kappa shape index (κ1) is 20.2. The van der Waals surface area contributed by atoms with Crippen molar-refractivity contribution in [3.63, 3.8) is 0 Å². The van der Waals surface area contributed by atoms with Crippen LogP contribution in [0.2, 0.25) is 0 Å². The van der Waals surface area contributed by atoms with Crippen LogP contribution < -0.4 is 10.6 Å². The molecule has 130 valence electrons. The number of nitrogens with one attached hydrogen (secondary N) is 2. The summed E-state index contributed by atoms with van der Waals surface area (Å²) in [5, 5.41) is 13.5. The molecular formula is C14H24N4O2S3. The molecule has 0 unspecified atom stereocenters. The third kappa shape index (κ3) is 7.54. The van der Waals surface area contributed by atoms with E-state index in [9.17, 15) is 9.59 Å². The standard InChI is InChI=1S/C14H24N4O2S3/c1-5-7-15-11(19)9(3)21-13-17-18-14(23-13)22-10(4)12(20)16-8-6-2/h9-10H,5-8H2,1-4H3,(H,15,19)(H,16,20)/t9-,10-/m0/s1. The zero-order valence-corrected chi connectivity index (χ0v) is 16.4. The van der Waals surface area contributed by atoms with E-state index in [4.69, 9.17) is 0 Å². The summed E-state index contributed by atoms with van der Waals surface area (Å²) in [5.41, 5.74) is 0. The van der Waals surface area contributed by atoms with Gasteiger partial charge in [0.05, 0.1) is 10.5 Å². The number of carbonyl (C=O) groups is 2. The molecule has 2 amide bonds. The highest BCUT2D eigenvalue weighted by molar-refractivity contribution is 8.04. The molecule has 23 heavy (non-hydrogen) atoms. The van der Waals surface area contributed by atoms with E-state index >= 15 is 0 Å². The van der Waals surface area contributed by atoms with Crippen molar-refractivity contribution in [2.45, 2.75) is 59.7 Å². The highest BCUT2D eigenvalue weighted by atomic mass is 32.2. The number of amides is 2. The fourth-order valence-corrected chi connectivity index (χ4v) is 4.84. The van der Waals surface area contributed by atoms with Gasteiger partial charge in [-0.1, -0.05) is 48.7 Å². The maximum absolute atomic E-state index is 11.8. The topological polar surface area (TPSA) is 84.0 Å². The average Bonchev–Trinajstić information content (AvgIpc) is 2.96. The van der Waals surface area contributed by atoms with Crippen molar-refractivity contribution in [3.8, 4) is 0 Å². The molecule has 1 aromatic heterocycles. The number of rotatable bonds is 10. The Bertz CT molecular complexity index is 467. The minimum Gasteiger partial charge on any atom is -0.355 e. The Morgan fingerprint density at radius 3 is 1.70 bits per heavy atom. The van der Waals surface area contributed by atoms with Crippen LogP contribution in [-0.4, -0.2) is 45.6 Å². The lowest BCUT2D eigenvalue weighted by atomic mass is 10.4. The van der Waals surface area contributed by atoms with Gasteiger partial charge in [-0.05, 0) is 26.7 Å². The van der Waals surface area contributed by atoms with Crippen LogP contribution in [0.5, 0.6) is 0 Å². The van der Waals surface area contributed by atoms with Gasteiger partial charge in [0.25, 0.3) is 0 Å². The van der Waals surface area contributed by atoms with Crippen LogP contribution in [0.15, 0.2) is 8.68 Å². The second-order valence-corrected chi connectivity index (χ2v) is 9.09. The highest BCUT2D eigenvalue weighted by Gasteiger charge is 2.19. The minimum absolute atomic E-state index is 0.00793. The third-order valence-corrected chi connectivity index (χ3v) is 6.07.